The van der Waals surface area contributed by atoms with Gasteiger partial charge >= 0.3 is 0 Å². The van der Waals surface area contributed by atoms with Gasteiger partial charge in [0.2, 0.25) is 5.90 Å². The van der Waals surface area contributed by atoms with Gasteiger partial charge in [0, 0.05) is 6.08 Å². The Morgan fingerprint density at radius 2 is 2.12 bits per heavy atom. The van der Waals surface area contributed by atoms with Crippen LogP contribution in [0.1, 0.15) is 20.8 Å². The van der Waals surface area contributed by atoms with Crippen LogP contribution in [-0.4, -0.2) is 35.7 Å². The third-order valence-corrected chi connectivity index (χ3v) is 1.99. The fraction of sp³-hybridized carbons (Fsp3) is 0.600. The van der Waals surface area contributed by atoms with Gasteiger partial charge in [-0.15, -0.1) is 15.7 Å². The van der Waals surface area contributed by atoms with Crippen LogP contribution in [0.3, 0.4) is 0 Å². The predicted octanol–water partition coefficient (Wildman–Crippen LogP) is 0.340. The highest BCUT2D eigenvalue weighted by Gasteiger charge is 2.18. The molecule has 94 valence electrons. The SMILES string of the molecule is CC(C)(C)OCCOC1=NN2NNN=C2C=C1. The average Bonchev–Trinajstić information content (AvgIpc) is 2.70. The van der Waals surface area contributed by atoms with Crippen molar-refractivity contribution in [1.82, 2.24) is 16.2 Å². The molecule has 0 bridgehead atoms. The number of hydrazone groups is 2. The number of ether oxygens (including phenoxy) is 2. The van der Waals surface area contributed by atoms with E-state index in [-0.39, 0.29) is 5.60 Å². The molecule has 2 heterocycles. The zero-order valence-electron chi connectivity index (χ0n) is 10.2. The van der Waals surface area contributed by atoms with Crippen LogP contribution in [0, 0.1) is 0 Å². The molecule has 0 radical (unpaired) electrons. The summed E-state index contributed by atoms with van der Waals surface area (Å²) in [7, 11) is 0. The minimum Gasteiger partial charge on any atom is -0.474 e. The lowest BCUT2D eigenvalue weighted by Gasteiger charge is -2.20. The summed E-state index contributed by atoms with van der Waals surface area (Å²) in [5.74, 6) is 1.22. The van der Waals surface area contributed by atoms with Crippen molar-refractivity contribution < 1.29 is 9.47 Å². The highest BCUT2D eigenvalue weighted by atomic mass is 16.5. The zero-order chi connectivity index (χ0) is 12.3. The molecule has 0 aliphatic carbocycles. The number of hydrogen-bond donors (Lipinski definition) is 2. The van der Waals surface area contributed by atoms with Gasteiger partial charge in [0.25, 0.3) is 0 Å². The summed E-state index contributed by atoms with van der Waals surface area (Å²) >= 11 is 0. The van der Waals surface area contributed by atoms with E-state index in [1.807, 2.05) is 20.8 Å². The fourth-order valence-electron chi connectivity index (χ4n) is 1.27. The Morgan fingerprint density at radius 3 is 2.88 bits per heavy atom. The van der Waals surface area contributed by atoms with Gasteiger partial charge < -0.3 is 9.47 Å². The molecular formula is C10H17N5O2. The van der Waals surface area contributed by atoms with Crippen molar-refractivity contribution in [2.75, 3.05) is 13.2 Å². The lowest BCUT2D eigenvalue weighted by atomic mass is 10.2. The molecule has 17 heavy (non-hydrogen) atoms. The van der Waals surface area contributed by atoms with Gasteiger partial charge in [0.15, 0.2) is 5.84 Å². The molecular weight excluding hydrogens is 222 g/mol. The van der Waals surface area contributed by atoms with Crippen LogP contribution in [0.4, 0.5) is 0 Å². The number of nitrogens with one attached hydrogen (secondary N) is 2. The first kappa shape index (κ1) is 11.9. The molecule has 0 atom stereocenters. The van der Waals surface area contributed by atoms with Crippen LogP contribution in [0.15, 0.2) is 22.4 Å². The number of nitrogens with zero attached hydrogens (tertiary/aromatic N) is 3. The molecule has 0 saturated carbocycles. The second kappa shape index (κ2) is 4.72. The Hall–Kier alpha value is -1.60. The van der Waals surface area contributed by atoms with Crippen molar-refractivity contribution in [3.05, 3.63) is 12.2 Å². The van der Waals surface area contributed by atoms with Gasteiger partial charge in [0.1, 0.15) is 6.61 Å². The highest BCUT2D eigenvalue weighted by molar-refractivity contribution is 6.03. The molecule has 2 aliphatic heterocycles. The van der Waals surface area contributed by atoms with Crippen LogP contribution in [0.2, 0.25) is 0 Å². The van der Waals surface area contributed by atoms with E-state index in [1.165, 1.54) is 5.12 Å². The molecule has 0 aromatic carbocycles. The maximum atomic E-state index is 5.54. The van der Waals surface area contributed by atoms with Gasteiger partial charge in [-0.25, -0.2) is 5.53 Å². The van der Waals surface area contributed by atoms with Crippen molar-refractivity contribution in [2.24, 2.45) is 10.2 Å². The second-order valence-electron chi connectivity index (χ2n) is 4.59. The summed E-state index contributed by atoms with van der Waals surface area (Å²) in [6.45, 7) is 7.02. The van der Waals surface area contributed by atoms with Crippen LogP contribution in [0.5, 0.6) is 0 Å². The minimum absolute atomic E-state index is 0.145. The van der Waals surface area contributed by atoms with Crippen LogP contribution in [-0.2, 0) is 9.47 Å². The van der Waals surface area contributed by atoms with E-state index < -0.39 is 0 Å². The van der Waals surface area contributed by atoms with E-state index in [0.717, 1.165) is 0 Å². The molecule has 0 aromatic heterocycles. The van der Waals surface area contributed by atoms with E-state index >= 15 is 0 Å². The van der Waals surface area contributed by atoms with Gasteiger partial charge in [-0.2, -0.15) is 5.12 Å². The van der Waals surface area contributed by atoms with E-state index in [1.54, 1.807) is 12.2 Å². The molecule has 7 nitrogen and oxygen atoms in total. The standard InChI is InChI=1S/C10H17N5O2/c1-10(2,3)17-7-6-16-9-5-4-8-11-13-14-15(8)12-9/h4-5,13-14H,6-7H2,1-3H3. The van der Waals surface area contributed by atoms with Crippen molar-refractivity contribution in [3.63, 3.8) is 0 Å². The molecule has 7 heteroatoms. The Labute approximate surface area is 100 Å². The van der Waals surface area contributed by atoms with Crippen LogP contribution in [0.25, 0.3) is 0 Å². The second-order valence-corrected chi connectivity index (χ2v) is 4.59. The Morgan fingerprint density at radius 1 is 1.29 bits per heavy atom. The normalized spacial score (nSPS) is 18.4. The maximum Gasteiger partial charge on any atom is 0.233 e. The molecule has 2 rings (SSSR count). The number of hydrazine groups is 2. The molecule has 0 spiro atoms. The van der Waals surface area contributed by atoms with Crippen LogP contribution >= 0.6 is 0 Å². The fourth-order valence-corrected chi connectivity index (χ4v) is 1.27. The van der Waals surface area contributed by atoms with E-state index in [4.69, 9.17) is 9.47 Å². The van der Waals surface area contributed by atoms with E-state index in [0.29, 0.717) is 24.9 Å². The summed E-state index contributed by atoms with van der Waals surface area (Å²) in [5, 5.41) is 9.59. The van der Waals surface area contributed by atoms with E-state index in [2.05, 4.69) is 21.3 Å². The quantitative estimate of drug-likeness (QED) is 0.695. The average molecular weight is 239 g/mol. The topological polar surface area (TPSA) is 70.5 Å². The molecule has 0 unspecified atom stereocenters. The van der Waals surface area contributed by atoms with Crippen molar-refractivity contribution in [3.8, 4) is 0 Å². The Bertz CT molecular complexity index is 369. The number of amidine groups is 1. The number of rotatable bonds is 3. The lowest BCUT2D eigenvalue weighted by Crippen LogP contribution is -2.38. The number of hydrogen-bond acceptors (Lipinski definition) is 7. The zero-order valence-corrected chi connectivity index (χ0v) is 10.2. The largest absolute Gasteiger partial charge is 0.474 e. The highest BCUT2D eigenvalue weighted by Crippen LogP contribution is 2.07. The van der Waals surface area contributed by atoms with Gasteiger partial charge in [-0.1, -0.05) is 0 Å². The third kappa shape index (κ3) is 3.43. The van der Waals surface area contributed by atoms with Gasteiger partial charge in [-0.3, -0.25) is 0 Å². The smallest absolute Gasteiger partial charge is 0.233 e. The monoisotopic (exact) mass is 239 g/mol. The summed E-state index contributed by atoms with van der Waals surface area (Å²) in [6, 6.07) is 0. The Balaban J connectivity index is 1.74. The van der Waals surface area contributed by atoms with Crippen LogP contribution < -0.4 is 11.1 Å². The predicted molar refractivity (Wildman–Crippen MR) is 63.8 cm³/mol. The Kier molecular flexibility index (Phi) is 3.30. The van der Waals surface area contributed by atoms with Gasteiger partial charge in [0.05, 0.1) is 12.2 Å². The maximum absolute atomic E-state index is 5.54. The van der Waals surface area contributed by atoms with E-state index in [9.17, 15) is 0 Å². The summed E-state index contributed by atoms with van der Waals surface area (Å²) in [5.41, 5.74) is 5.19. The first-order valence-electron chi connectivity index (χ1n) is 5.46. The summed E-state index contributed by atoms with van der Waals surface area (Å²) < 4.78 is 11.0. The van der Waals surface area contributed by atoms with Crippen molar-refractivity contribution >= 4 is 11.7 Å². The molecule has 0 saturated heterocycles. The molecule has 0 fully saturated rings. The summed E-state index contributed by atoms with van der Waals surface area (Å²) in [6.07, 6.45) is 3.57. The van der Waals surface area contributed by atoms with Gasteiger partial charge in [-0.05, 0) is 26.8 Å². The molecule has 2 N–H and O–H groups in total. The minimum atomic E-state index is -0.145. The first-order valence-corrected chi connectivity index (χ1v) is 5.46. The molecule has 0 amide bonds. The molecule has 2 aliphatic rings. The summed E-state index contributed by atoms with van der Waals surface area (Å²) in [4.78, 5) is 0. The van der Waals surface area contributed by atoms with Crippen molar-refractivity contribution in [2.45, 2.75) is 26.4 Å². The number of fused-ring (bicyclic) bond motifs is 1. The first-order chi connectivity index (χ1) is 8.04. The third-order valence-electron chi connectivity index (χ3n) is 1.99. The molecule has 0 aromatic rings. The lowest BCUT2D eigenvalue weighted by molar-refractivity contribution is -0.0180. The van der Waals surface area contributed by atoms with Crippen molar-refractivity contribution in [1.29, 1.82) is 0 Å².